The number of anilines is 2. The molecule has 0 aliphatic heterocycles. The number of carbonyl (C=O) groups excluding carboxylic acids is 1. The Kier molecular flexibility index (Phi) is 6.76. The predicted molar refractivity (Wildman–Crippen MR) is 81.9 cm³/mol. The van der Waals surface area contributed by atoms with Gasteiger partial charge in [0.25, 0.3) is 0 Å². The van der Waals surface area contributed by atoms with Gasteiger partial charge in [-0.25, -0.2) is 4.98 Å². The molecule has 1 aromatic heterocycles. The molecule has 0 saturated heterocycles. The molecule has 1 rings (SSSR count). The zero-order valence-corrected chi connectivity index (χ0v) is 12.8. The van der Waals surface area contributed by atoms with Crippen LogP contribution in [0.2, 0.25) is 0 Å². The molecule has 1 unspecified atom stereocenters. The lowest BCUT2D eigenvalue weighted by Gasteiger charge is -2.15. The number of rotatable bonds is 8. The van der Waals surface area contributed by atoms with Crippen LogP contribution < -0.4 is 16.0 Å². The molecule has 1 amide bonds. The van der Waals surface area contributed by atoms with Gasteiger partial charge in [0.2, 0.25) is 11.9 Å². The van der Waals surface area contributed by atoms with Crippen LogP contribution in [-0.4, -0.2) is 35.0 Å². The normalized spacial score (nSPS) is 11.8. The smallest absolute Gasteiger partial charge is 0.242 e. The first kappa shape index (κ1) is 16.2. The zero-order valence-electron chi connectivity index (χ0n) is 12.8. The average Bonchev–Trinajstić information content (AvgIpc) is 2.41. The number of amides is 1. The first-order valence-corrected chi connectivity index (χ1v) is 7.20. The summed E-state index contributed by atoms with van der Waals surface area (Å²) in [5, 5.41) is 9.11. The molecule has 1 atom stereocenters. The van der Waals surface area contributed by atoms with Crippen LogP contribution in [-0.2, 0) is 4.79 Å². The van der Waals surface area contributed by atoms with E-state index in [1.165, 1.54) is 0 Å². The molecule has 112 valence electrons. The lowest BCUT2D eigenvalue weighted by Crippen LogP contribution is -2.38. The Labute approximate surface area is 120 Å². The van der Waals surface area contributed by atoms with Crippen molar-refractivity contribution >= 4 is 17.7 Å². The highest BCUT2D eigenvalue weighted by Crippen LogP contribution is 2.10. The van der Waals surface area contributed by atoms with Gasteiger partial charge >= 0.3 is 0 Å². The number of aromatic nitrogens is 2. The summed E-state index contributed by atoms with van der Waals surface area (Å²) >= 11 is 0. The van der Waals surface area contributed by atoms with Crippen LogP contribution in [0, 0.1) is 6.92 Å². The first-order chi connectivity index (χ1) is 9.56. The highest BCUT2D eigenvalue weighted by molar-refractivity contribution is 5.83. The fourth-order valence-electron chi connectivity index (χ4n) is 1.65. The zero-order chi connectivity index (χ0) is 15.0. The largest absolute Gasteiger partial charge is 0.358 e. The van der Waals surface area contributed by atoms with E-state index < -0.39 is 0 Å². The van der Waals surface area contributed by atoms with E-state index in [1.807, 2.05) is 26.8 Å². The van der Waals surface area contributed by atoms with Crippen molar-refractivity contribution in [1.82, 2.24) is 15.3 Å². The molecule has 0 saturated carbocycles. The first-order valence-electron chi connectivity index (χ1n) is 7.20. The van der Waals surface area contributed by atoms with E-state index in [4.69, 9.17) is 0 Å². The topological polar surface area (TPSA) is 78.9 Å². The van der Waals surface area contributed by atoms with Crippen LogP contribution in [0.4, 0.5) is 11.8 Å². The summed E-state index contributed by atoms with van der Waals surface area (Å²) in [7, 11) is 0. The molecule has 0 spiro atoms. The molecule has 0 fully saturated rings. The van der Waals surface area contributed by atoms with Crippen LogP contribution in [0.1, 0.15) is 39.3 Å². The minimum absolute atomic E-state index is 0.0221. The molecule has 0 radical (unpaired) electrons. The van der Waals surface area contributed by atoms with Gasteiger partial charge in [-0.15, -0.1) is 0 Å². The third-order valence-electron chi connectivity index (χ3n) is 2.69. The average molecular weight is 279 g/mol. The van der Waals surface area contributed by atoms with Gasteiger partial charge in [0.1, 0.15) is 11.9 Å². The van der Waals surface area contributed by atoms with Crippen molar-refractivity contribution in [3.8, 4) is 0 Å². The molecule has 0 aromatic carbocycles. The fourth-order valence-corrected chi connectivity index (χ4v) is 1.65. The lowest BCUT2D eigenvalue weighted by atomic mass is 10.3. The highest BCUT2D eigenvalue weighted by Gasteiger charge is 2.13. The van der Waals surface area contributed by atoms with Crippen LogP contribution in [0.3, 0.4) is 0 Å². The van der Waals surface area contributed by atoms with Crippen molar-refractivity contribution in [2.24, 2.45) is 0 Å². The Hall–Kier alpha value is -1.85. The van der Waals surface area contributed by atoms with E-state index in [1.54, 1.807) is 0 Å². The monoisotopic (exact) mass is 279 g/mol. The van der Waals surface area contributed by atoms with Crippen molar-refractivity contribution in [2.75, 3.05) is 23.7 Å². The summed E-state index contributed by atoms with van der Waals surface area (Å²) in [6.07, 6.45) is 1.94. The van der Waals surface area contributed by atoms with Gasteiger partial charge in [-0.05, 0) is 26.7 Å². The molecule has 0 aliphatic carbocycles. The number of hydrogen-bond donors (Lipinski definition) is 3. The van der Waals surface area contributed by atoms with Crippen LogP contribution in [0.15, 0.2) is 6.07 Å². The Balaban J connectivity index is 2.66. The van der Waals surface area contributed by atoms with E-state index in [0.29, 0.717) is 18.3 Å². The SMILES string of the molecule is CCCNC(=O)C(C)Nc1cc(C)nc(NCCC)n1. The van der Waals surface area contributed by atoms with Gasteiger partial charge in [0.15, 0.2) is 0 Å². The molecular formula is C14H25N5O. The summed E-state index contributed by atoms with van der Waals surface area (Å²) < 4.78 is 0. The van der Waals surface area contributed by atoms with Crippen LogP contribution in [0.5, 0.6) is 0 Å². The minimum Gasteiger partial charge on any atom is -0.358 e. The predicted octanol–water partition coefficient (Wildman–Crippen LogP) is 1.93. The molecule has 20 heavy (non-hydrogen) atoms. The van der Waals surface area contributed by atoms with E-state index in [2.05, 4.69) is 32.8 Å². The number of hydrogen-bond acceptors (Lipinski definition) is 5. The van der Waals surface area contributed by atoms with Gasteiger partial charge in [-0.1, -0.05) is 13.8 Å². The van der Waals surface area contributed by atoms with Crippen LogP contribution >= 0.6 is 0 Å². The van der Waals surface area contributed by atoms with Crippen LogP contribution in [0.25, 0.3) is 0 Å². The Bertz CT molecular complexity index is 436. The maximum Gasteiger partial charge on any atom is 0.242 e. The second-order valence-electron chi connectivity index (χ2n) is 4.80. The molecule has 6 nitrogen and oxygen atoms in total. The fraction of sp³-hybridized carbons (Fsp3) is 0.643. The van der Waals surface area contributed by atoms with Gasteiger partial charge in [-0.2, -0.15) is 4.98 Å². The maximum absolute atomic E-state index is 11.8. The lowest BCUT2D eigenvalue weighted by molar-refractivity contribution is -0.121. The molecule has 6 heteroatoms. The van der Waals surface area contributed by atoms with Gasteiger partial charge < -0.3 is 16.0 Å². The number of carbonyl (C=O) groups is 1. The number of nitrogens with one attached hydrogen (secondary N) is 3. The van der Waals surface area contributed by atoms with Gasteiger partial charge in [0, 0.05) is 24.8 Å². The molecule has 0 aliphatic rings. The van der Waals surface area contributed by atoms with Crippen molar-refractivity contribution in [3.05, 3.63) is 11.8 Å². The van der Waals surface area contributed by atoms with Gasteiger partial charge in [0.05, 0.1) is 0 Å². The summed E-state index contributed by atoms with van der Waals surface area (Å²) in [4.78, 5) is 20.5. The number of aryl methyl sites for hydroxylation is 1. The van der Waals surface area contributed by atoms with E-state index >= 15 is 0 Å². The highest BCUT2D eigenvalue weighted by atomic mass is 16.2. The molecule has 1 heterocycles. The summed E-state index contributed by atoms with van der Waals surface area (Å²) in [5.74, 6) is 1.23. The summed E-state index contributed by atoms with van der Waals surface area (Å²) in [5.41, 5.74) is 0.863. The summed E-state index contributed by atoms with van der Waals surface area (Å²) in [6, 6.07) is 1.51. The van der Waals surface area contributed by atoms with E-state index in [9.17, 15) is 4.79 Å². The molecule has 3 N–H and O–H groups in total. The number of nitrogens with zero attached hydrogens (tertiary/aromatic N) is 2. The van der Waals surface area contributed by atoms with Crippen molar-refractivity contribution in [2.45, 2.75) is 46.6 Å². The van der Waals surface area contributed by atoms with Crippen molar-refractivity contribution in [3.63, 3.8) is 0 Å². The van der Waals surface area contributed by atoms with E-state index in [-0.39, 0.29) is 11.9 Å². The standard InChI is InChI=1S/C14H25N5O/c1-5-7-15-13(20)11(4)18-12-9-10(3)17-14(19-12)16-8-6-2/h9,11H,5-8H2,1-4H3,(H,15,20)(H2,16,17,18,19). The second-order valence-corrected chi connectivity index (χ2v) is 4.80. The van der Waals surface area contributed by atoms with Crippen molar-refractivity contribution < 1.29 is 4.79 Å². The minimum atomic E-state index is -0.324. The maximum atomic E-state index is 11.8. The quantitative estimate of drug-likeness (QED) is 0.677. The third-order valence-corrected chi connectivity index (χ3v) is 2.69. The second kappa shape index (κ2) is 8.35. The Morgan fingerprint density at radius 1 is 1.25 bits per heavy atom. The van der Waals surface area contributed by atoms with E-state index in [0.717, 1.165) is 25.1 Å². The van der Waals surface area contributed by atoms with Crippen molar-refractivity contribution in [1.29, 1.82) is 0 Å². The molecule has 1 aromatic rings. The Morgan fingerprint density at radius 2 is 1.95 bits per heavy atom. The third kappa shape index (κ3) is 5.42. The summed E-state index contributed by atoms with van der Waals surface area (Å²) in [6.45, 7) is 9.36. The Morgan fingerprint density at radius 3 is 2.60 bits per heavy atom. The van der Waals surface area contributed by atoms with Gasteiger partial charge in [-0.3, -0.25) is 4.79 Å². The molecule has 0 bridgehead atoms. The molecular weight excluding hydrogens is 254 g/mol.